The summed E-state index contributed by atoms with van der Waals surface area (Å²) in [5.41, 5.74) is -0.524. The Bertz CT molecular complexity index is 227. The van der Waals surface area contributed by atoms with E-state index >= 15 is 0 Å². The molecule has 2 fully saturated rings. The normalized spacial score (nSPS) is 45.3. The topological polar surface area (TPSA) is 46.2 Å². The lowest BCUT2D eigenvalue weighted by Gasteiger charge is -2.31. The number of hydrogen-bond acceptors (Lipinski definition) is 5. The molecular formula is C9H17BO5. The first-order valence-electron chi connectivity index (χ1n) is 5.12. The molecule has 0 N–H and O–H groups in total. The molecule has 0 saturated carbocycles. The molecule has 2 rings (SSSR count). The molecule has 2 aliphatic rings. The van der Waals surface area contributed by atoms with Gasteiger partial charge in [-0.3, -0.25) is 0 Å². The van der Waals surface area contributed by atoms with Crippen molar-refractivity contribution in [2.24, 2.45) is 0 Å². The molecule has 1 unspecified atom stereocenters. The predicted molar refractivity (Wildman–Crippen MR) is 54.5 cm³/mol. The lowest BCUT2D eigenvalue weighted by molar-refractivity contribution is -0.167. The van der Waals surface area contributed by atoms with E-state index in [9.17, 15) is 0 Å². The zero-order chi connectivity index (χ0) is 10.9. The Morgan fingerprint density at radius 2 is 2.27 bits per heavy atom. The molecule has 0 aliphatic carbocycles. The van der Waals surface area contributed by atoms with Crippen LogP contribution in [0.4, 0.5) is 0 Å². The monoisotopic (exact) mass is 216 g/mol. The third kappa shape index (κ3) is 1.81. The molecule has 0 amide bonds. The summed E-state index contributed by atoms with van der Waals surface area (Å²) in [5, 5.41) is 0. The van der Waals surface area contributed by atoms with Gasteiger partial charge in [0.1, 0.15) is 32.4 Å². The van der Waals surface area contributed by atoms with Gasteiger partial charge in [-0.25, -0.2) is 0 Å². The fourth-order valence-electron chi connectivity index (χ4n) is 2.48. The average molecular weight is 216 g/mol. The Balaban J connectivity index is 2.23. The summed E-state index contributed by atoms with van der Waals surface area (Å²) in [6, 6.07) is 0.00833. The molecule has 5 nitrogen and oxygen atoms in total. The molecule has 6 heteroatoms. The van der Waals surface area contributed by atoms with E-state index in [4.69, 9.17) is 23.7 Å². The zero-order valence-corrected chi connectivity index (χ0v) is 9.39. The highest BCUT2D eigenvalue weighted by atomic mass is 16.7. The largest absolute Gasteiger partial charge is 0.381 e. The van der Waals surface area contributed by atoms with Gasteiger partial charge >= 0.3 is 0 Å². The number of ether oxygens (including phenoxy) is 5. The third-order valence-corrected chi connectivity index (χ3v) is 3.03. The van der Waals surface area contributed by atoms with Crippen LogP contribution in [0.1, 0.15) is 0 Å². The van der Waals surface area contributed by atoms with Crippen molar-refractivity contribution in [2.75, 3.05) is 34.2 Å². The summed E-state index contributed by atoms with van der Waals surface area (Å²) >= 11 is 0. The first-order valence-corrected chi connectivity index (χ1v) is 5.12. The Morgan fingerprint density at radius 3 is 2.93 bits per heavy atom. The number of rotatable bonds is 3. The number of hydrogen-bond donors (Lipinski definition) is 0. The van der Waals surface area contributed by atoms with Gasteiger partial charge in [-0.1, -0.05) is 0 Å². The summed E-state index contributed by atoms with van der Waals surface area (Å²) in [6.07, 6.45) is -0.206. The molecule has 2 saturated heterocycles. The molecule has 0 aromatic heterocycles. The molecule has 0 radical (unpaired) electrons. The van der Waals surface area contributed by atoms with E-state index < -0.39 is 5.60 Å². The molecule has 86 valence electrons. The van der Waals surface area contributed by atoms with Crippen LogP contribution in [0.2, 0.25) is 0 Å². The highest BCUT2D eigenvalue weighted by Crippen LogP contribution is 2.36. The van der Waals surface area contributed by atoms with Crippen molar-refractivity contribution in [3.8, 4) is 0 Å². The van der Waals surface area contributed by atoms with Gasteiger partial charge in [-0.15, -0.1) is 0 Å². The predicted octanol–water partition coefficient (Wildman–Crippen LogP) is -1.25. The molecule has 2 aliphatic heterocycles. The molecule has 2 bridgehead atoms. The molecule has 2 heterocycles. The van der Waals surface area contributed by atoms with Gasteiger partial charge in [0.25, 0.3) is 0 Å². The van der Waals surface area contributed by atoms with Crippen LogP contribution in [-0.2, 0) is 23.7 Å². The Hall–Kier alpha value is -0.135. The SMILES string of the molecule is B[C@@H]1O[C@@]2(COC)COCO[C@H]1C2OC. The van der Waals surface area contributed by atoms with Crippen LogP contribution >= 0.6 is 0 Å². The van der Waals surface area contributed by atoms with Crippen molar-refractivity contribution in [2.45, 2.75) is 23.8 Å². The summed E-state index contributed by atoms with van der Waals surface area (Å²) in [4.78, 5) is 0. The van der Waals surface area contributed by atoms with Gasteiger partial charge in [0.05, 0.1) is 19.2 Å². The van der Waals surface area contributed by atoms with E-state index in [2.05, 4.69) is 0 Å². The number of fused-ring (bicyclic) bond motifs is 2. The summed E-state index contributed by atoms with van der Waals surface area (Å²) in [5.74, 6) is 0. The number of methoxy groups -OCH3 is 2. The zero-order valence-electron chi connectivity index (χ0n) is 9.39. The van der Waals surface area contributed by atoms with Crippen molar-refractivity contribution in [3.05, 3.63) is 0 Å². The summed E-state index contributed by atoms with van der Waals surface area (Å²) < 4.78 is 27.5. The molecule has 0 spiro atoms. The van der Waals surface area contributed by atoms with Gasteiger partial charge in [0.2, 0.25) is 0 Å². The van der Waals surface area contributed by atoms with Crippen molar-refractivity contribution in [1.82, 2.24) is 0 Å². The van der Waals surface area contributed by atoms with E-state index in [1.807, 2.05) is 7.85 Å². The smallest absolute Gasteiger partial charge is 0.147 e. The second-order valence-corrected chi connectivity index (χ2v) is 4.07. The fourth-order valence-corrected chi connectivity index (χ4v) is 2.48. The maximum absolute atomic E-state index is 5.90. The van der Waals surface area contributed by atoms with Crippen molar-refractivity contribution >= 4 is 7.85 Å². The minimum Gasteiger partial charge on any atom is -0.381 e. The van der Waals surface area contributed by atoms with Crippen LogP contribution in [0.3, 0.4) is 0 Å². The Labute approximate surface area is 90.4 Å². The van der Waals surface area contributed by atoms with Crippen LogP contribution in [0, 0.1) is 0 Å². The van der Waals surface area contributed by atoms with E-state index in [1.54, 1.807) is 14.2 Å². The summed E-state index contributed by atoms with van der Waals surface area (Å²) in [6.45, 7) is 1.19. The van der Waals surface area contributed by atoms with Crippen LogP contribution in [0.25, 0.3) is 0 Å². The maximum atomic E-state index is 5.90. The lowest BCUT2D eigenvalue weighted by Crippen LogP contribution is -2.50. The van der Waals surface area contributed by atoms with Gasteiger partial charge in [-0.2, -0.15) is 0 Å². The van der Waals surface area contributed by atoms with Crippen LogP contribution in [0.15, 0.2) is 0 Å². The molecule has 4 atom stereocenters. The highest BCUT2D eigenvalue weighted by molar-refractivity contribution is 6.11. The van der Waals surface area contributed by atoms with Crippen LogP contribution in [-0.4, -0.2) is 65.9 Å². The van der Waals surface area contributed by atoms with E-state index in [0.29, 0.717) is 20.0 Å². The maximum Gasteiger partial charge on any atom is 0.147 e. The Morgan fingerprint density at radius 1 is 1.47 bits per heavy atom. The fraction of sp³-hybridized carbons (Fsp3) is 1.00. The van der Waals surface area contributed by atoms with Gasteiger partial charge in [0, 0.05) is 14.2 Å². The standard InChI is InChI=1S/C9H17BO5/c1-11-3-9-4-13-5-14-6(7(9)12-2)8(10)15-9/h6-8H,3-5,10H2,1-2H3/t6-,7?,8+,9-/m0/s1. The molecular weight excluding hydrogens is 199 g/mol. The van der Waals surface area contributed by atoms with Crippen molar-refractivity contribution in [1.29, 1.82) is 0 Å². The first kappa shape index (κ1) is 11.4. The summed E-state index contributed by atoms with van der Waals surface area (Å²) in [7, 11) is 5.30. The van der Waals surface area contributed by atoms with E-state index in [1.165, 1.54) is 0 Å². The minimum absolute atomic E-state index is 0.00833. The molecule has 15 heavy (non-hydrogen) atoms. The molecule has 0 aromatic rings. The highest BCUT2D eigenvalue weighted by Gasteiger charge is 2.56. The molecule has 0 aromatic carbocycles. The quantitative estimate of drug-likeness (QED) is 0.551. The van der Waals surface area contributed by atoms with Crippen LogP contribution in [0.5, 0.6) is 0 Å². The van der Waals surface area contributed by atoms with Crippen molar-refractivity contribution < 1.29 is 23.7 Å². The minimum atomic E-state index is -0.524. The van der Waals surface area contributed by atoms with E-state index in [0.717, 1.165) is 0 Å². The first-order chi connectivity index (χ1) is 7.23. The van der Waals surface area contributed by atoms with E-state index in [-0.39, 0.29) is 18.2 Å². The van der Waals surface area contributed by atoms with Crippen LogP contribution < -0.4 is 0 Å². The van der Waals surface area contributed by atoms with Gasteiger partial charge in [-0.05, 0) is 0 Å². The second-order valence-electron chi connectivity index (χ2n) is 4.07. The average Bonchev–Trinajstić information content (AvgIpc) is 2.35. The van der Waals surface area contributed by atoms with Crippen molar-refractivity contribution in [3.63, 3.8) is 0 Å². The second kappa shape index (κ2) is 4.39. The third-order valence-electron chi connectivity index (χ3n) is 3.03. The lowest BCUT2D eigenvalue weighted by atomic mass is 9.89. The Kier molecular flexibility index (Phi) is 3.32. The van der Waals surface area contributed by atoms with Gasteiger partial charge in [0.15, 0.2) is 0 Å². The van der Waals surface area contributed by atoms with Gasteiger partial charge < -0.3 is 23.7 Å².